The third-order valence-electron chi connectivity index (χ3n) is 3.34. The minimum absolute atomic E-state index is 0.125. The monoisotopic (exact) mass is 449 g/mol. The number of halogens is 3. The summed E-state index contributed by atoms with van der Waals surface area (Å²) in [5.41, 5.74) is 1.88. The van der Waals surface area contributed by atoms with Crippen LogP contribution in [0, 0.1) is 0 Å². The van der Waals surface area contributed by atoms with Crippen molar-refractivity contribution >= 4 is 33.2 Å². The van der Waals surface area contributed by atoms with Gasteiger partial charge in [0, 0.05) is 6.07 Å². The number of hydrogen-bond donors (Lipinski definition) is 0. The van der Waals surface area contributed by atoms with Gasteiger partial charge in [0.15, 0.2) is 4.74 Å². The number of oxime groups is 1. The van der Waals surface area contributed by atoms with Crippen LogP contribution in [0.1, 0.15) is 45.6 Å². The fraction of sp³-hybridized carbons (Fsp3) is 0.526. The first kappa shape index (κ1) is 22.8. The van der Waals surface area contributed by atoms with Crippen molar-refractivity contribution < 1.29 is 18.7 Å². The minimum atomic E-state index is -0.457. The summed E-state index contributed by atoms with van der Waals surface area (Å²) >= 11 is 9.04. The maximum Gasteiger partial charge on any atom is 0.165 e. The molecule has 0 aliphatic rings. The van der Waals surface area contributed by atoms with Crippen molar-refractivity contribution in [1.29, 1.82) is 0 Å². The van der Waals surface area contributed by atoms with Crippen molar-refractivity contribution in [1.82, 2.24) is 0 Å². The zero-order valence-corrected chi connectivity index (χ0v) is 17.8. The summed E-state index contributed by atoms with van der Waals surface area (Å²) in [6.07, 6.45) is 4.88. The molecule has 0 bridgehead atoms. The van der Waals surface area contributed by atoms with Crippen molar-refractivity contribution in [3.05, 3.63) is 33.5 Å². The van der Waals surface area contributed by atoms with Crippen LogP contribution in [-0.4, -0.2) is 25.5 Å². The van der Waals surface area contributed by atoms with Gasteiger partial charge in [-0.2, -0.15) is 4.39 Å². The SMILES string of the molecule is CCc1cc(OC/C=C(/F)Br)cc(Cl)c1OCCCCCON=C(C)C. The topological polar surface area (TPSA) is 40.0 Å². The molecule has 7 heteroatoms. The molecule has 0 fully saturated rings. The summed E-state index contributed by atoms with van der Waals surface area (Å²) in [4.78, 5) is 5.16. The highest BCUT2D eigenvalue weighted by atomic mass is 79.9. The molecule has 0 amide bonds. The Kier molecular flexibility index (Phi) is 11.4. The van der Waals surface area contributed by atoms with E-state index in [9.17, 15) is 4.39 Å². The van der Waals surface area contributed by atoms with E-state index in [0.717, 1.165) is 37.0 Å². The first-order chi connectivity index (χ1) is 12.4. The van der Waals surface area contributed by atoms with E-state index in [1.54, 1.807) is 6.07 Å². The Morgan fingerprint density at radius 3 is 2.58 bits per heavy atom. The molecule has 146 valence electrons. The largest absolute Gasteiger partial charge is 0.492 e. The molecule has 0 N–H and O–H groups in total. The van der Waals surface area contributed by atoms with Crippen LogP contribution in [0.5, 0.6) is 11.5 Å². The lowest BCUT2D eigenvalue weighted by Gasteiger charge is -2.14. The lowest BCUT2D eigenvalue weighted by molar-refractivity contribution is 0.138. The summed E-state index contributed by atoms with van der Waals surface area (Å²) in [5, 5.41) is 4.39. The van der Waals surface area contributed by atoms with Crippen molar-refractivity contribution in [3.8, 4) is 11.5 Å². The van der Waals surface area contributed by atoms with Gasteiger partial charge >= 0.3 is 0 Å². The molecule has 1 rings (SSSR count). The van der Waals surface area contributed by atoms with E-state index in [4.69, 9.17) is 25.9 Å². The zero-order chi connectivity index (χ0) is 19.4. The molecular formula is C19H26BrClFNO3. The smallest absolute Gasteiger partial charge is 0.165 e. The number of unbranched alkanes of at least 4 members (excludes halogenated alkanes) is 2. The lowest BCUT2D eigenvalue weighted by atomic mass is 10.1. The van der Waals surface area contributed by atoms with Crippen LogP contribution in [0.4, 0.5) is 4.39 Å². The van der Waals surface area contributed by atoms with Gasteiger partial charge < -0.3 is 14.3 Å². The van der Waals surface area contributed by atoms with E-state index < -0.39 is 4.74 Å². The van der Waals surface area contributed by atoms with Gasteiger partial charge in [0.2, 0.25) is 0 Å². The highest BCUT2D eigenvalue weighted by Crippen LogP contribution is 2.34. The van der Waals surface area contributed by atoms with Crippen LogP contribution in [0.3, 0.4) is 0 Å². The fourth-order valence-electron chi connectivity index (χ4n) is 2.13. The molecular weight excluding hydrogens is 425 g/mol. The molecule has 0 saturated heterocycles. The molecule has 0 aromatic heterocycles. The molecule has 0 atom stereocenters. The molecule has 0 unspecified atom stereocenters. The van der Waals surface area contributed by atoms with Crippen LogP contribution < -0.4 is 9.47 Å². The van der Waals surface area contributed by atoms with E-state index in [1.165, 1.54) is 6.08 Å². The molecule has 4 nitrogen and oxygen atoms in total. The molecule has 0 aliphatic heterocycles. The van der Waals surface area contributed by atoms with Crippen LogP contribution in [-0.2, 0) is 11.3 Å². The second-order valence-corrected chi connectivity index (χ2v) is 7.00. The summed E-state index contributed by atoms with van der Waals surface area (Å²) in [5.74, 6) is 1.28. The number of nitrogens with zero attached hydrogens (tertiary/aromatic N) is 1. The lowest BCUT2D eigenvalue weighted by Crippen LogP contribution is -2.03. The first-order valence-corrected chi connectivity index (χ1v) is 9.83. The van der Waals surface area contributed by atoms with Gasteiger partial charge in [0.05, 0.1) is 17.3 Å². The molecule has 0 radical (unpaired) electrons. The van der Waals surface area contributed by atoms with Gasteiger partial charge in [0.1, 0.15) is 24.7 Å². The van der Waals surface area contributed by atoms with E-state index in [-0.39, 0.29) is 6.61 Å². The Morgan fingerprint density at radius 2 is 1.92 bits per heavy atom. The Labute approximate surface area is 168 Å². The Hall–Kier alpha value is -1.27. The van der Waals surface area contributed by atoms with Gasteiger partial charge in [-0.25, -0.2) is 0 Å². The minimum Gasteiger partial charge on any atom is -0.492 e. The summed E-state index contributed by atoms with van der Waals surface area (Å²) in [6, 6.07) is 3.56. The van der Waals surface area contributed by atoms with Crippen molar-refractivity contribution in [2.45, 2.75) is 46.5 Å². The molecule has 26 heavy (non-hydrogen) atoms. The van der Waals surface area contributed by atoms with Gasteiger partial charge in [0.25, 0.3) is 0 Å². The maximum atomic E-state index is 12.6. The van der Waals surface area contributed by atoms with Crippen molar-refractivity contribution in [3.63, 3.8) is 0 Å². The highest BCUT2D eigenvalue weighted by Gasteiger charge is 2.11. The van der Waals surface area contributed by atoms with Gasteiger partial charge in [-0.05, 0) is 73.2 Å². The molecule has 0 spiro atoms. The van der Waals surface area contributed by atoms with Crippen molar-refractivity contribution in [2.24, 2.45) is 5.16 Å². The number of hydrogen-bond acceptors (Lipinski definition) is 4. The van der Waals surface area contributed by atoms with Gasteiger partial charge in [-0.3, -0.25) is 0 Å². The normalized spacial score (nSPS) is 11.2. The van der Waals surface area contributed by atoms with E-state index in [2.05, 4.69) is 21.1 Å². The third kappa shape index (κ3) is 9.43. The highest BCUT2D eigenvalue weighted by molar-refractivity contribution is 9.11. The Bertz CT molecular complexity index is 615. The average Bonchev–Trinajstić information content (AvgIpc) is 2.57. The predicted molar refractivity (Wildman–Crippen MR) is 109 cm³/mol. The average molecular weight is 451 g/mol. The molecule has 1 aromatic carbocycles. The fourth-order valence-corrected chi connectivity index (χ4v) is 2.54. The second-order valence-electron chi connectivity index (χ2n) is 5.83. The standard InChI is InChI=1S/C19H26BrClFNO3/c1-4-15-12-16(24-11-8-18(20)22)13-17(21)19(15)25-9-6-5-7-10-26-23-14(2)3/h8,12-13H,4-7,9-11H2,1-3H3/b18-8+. The number of aryl methyl sites for hydroxylation is 1. The van der Waals surface area contributed by atoms with Crippen LogP contribution in [0.25, 0.3) is 0 Å². The van der Waals surface area contributed by atoms with E-state index in [1.807, 2.05) is 26.8 Å². The number of benzene rings is 1. The van der Waals surface area contributed by atoms with Gasteiger partial charge in [-0.1, -0.05) is 23.7 Å². The van der Waals surface area contributed by atoms with Crippen LogP contribution in [0.2, 0.25) is 5.02 Å². The third-order valence-corrected chi connectivity index (χ3v) is 3.94. The van der Waals surface area contributed by atoms with Crippen LogP contribution in [0.15, 0.2) is 28.1 Å². The van der Waals surface area contributed by atoms with E-state index >= 15 is 0 Å². The van der Waals surface area contributed by atoms with Gasteiger partial charge in [-0.15, -0.1) is 0 Å². The molecule has 0 aliphatic carbocycles. The summed E-state index contributed by atoms with van der Waals surface area (Å²) < 4.78 is 23.5. The van der Waals surface area contributed by atoms with E-state index in [0.29, 0.717) is 29.7 Å². The predicted octanol–water partition coefficient (Wildman–Crippen LogP) is 6.45. The quantitative estimate of drug-likeness (QED) is 0.209. The second kappa shape index (κ2) is 13.0. The summed E-state index contributed by atoms with van der Waals surface area (Å²) in [6.45, 7) is 7.14. The van der Waals surface area contributed by atoms with Crippen molar-refractivity contribution in [2.75, 3.05) is 19.8 Å². The molecule has 1 aromatic rings. The Morgan fingerprint density at radius 1 is 1.19 bits per heavy atom. The number of ether oxygens (including phenoxy) is 2. The zero-order valence-electron chi connectivity index (χ0n) is 15.5. The molecule has 0 saturated carbocycles. The maximum absolute atomic E-state index is 12.6. The first-order valence-electron chi connectivity index (χ1n) is 8.66. The summed E-state index contributed by atoms with van der Waals surface area (Å²) in [7, 11) is 0. The number of rotatable bonds is 12. The Balaban J connectivity index is 2.46. The molecule has 0 heterocycles. The van der Waals surface area contributed by atoms with Crippen LogP contribution >= 0.6 is 27.5 Å².